The first-order chi connectivity index (χ1) is 20.1. The third kappa shape index (κ3) is 4.87. The molecule has 0 bridgehead atoms. The molecule has 1 fully saturated rings. The van der Waals surface area contributed by atoms with Crippen LogP contribution in [-0.2, 0) is 22.3 Å². The molecule has 1 aromatic heterocycles. The number of anilines is 1. The Morgan fingerprint density at radius 3 is 2.48 bits per heavy atom. The van der Waals surface area contributed by atoms with Gasteiger partial charge in [-0.25, -0.2) is 9.18 Å². The van der Waals surface area contributed by atoms with Crippen molar-refractivity contribution in [2.75, 3.05) is 30.8 Å². The SMILES string of the molecule is [2H]C([2H])([2H])O[C@@H]1CSc2c(-c3ccc(F)cc3)c(C(F)(F)F)cc3c(N4C[C@@H](C)N(C(=O)C=C)[C@@H](C)C4)nc(=O)n(c23)C1. The van der Waals surface area contributed by atoms with Crippen LogP contribution in [-0.4, -0.2) is 64.4 Å². The molecule has 3 aromatic rings. The Morgan fingerprint density at radius 1 is 1.20 bits per heavy atom. The van der Waals surface area contributed by atoms with Crippen LogP contribution in [0.4, 0.5) is 23.4 Å². The van der Waals surface area contributed by atoms with Crippen molar-refractivity contribution in [1.29, 1.82) is 0 Å². The van der Waals surface area contributed by atoms with Crippen molar-refractivity contribution in [3.8, 4) is 11.1 Å². The second kappa shape index (κ2) is 10.5. The van der Waals surface area contributed by atoms with Crippen LogP contribution in [0, 0.1) is 5.82 Å². The number of thioether (sulfide) groups is 1. The first-order valence-electron chi connectivity index (χ1n) is 14.0. The minimum Gasteiger partial charge on any atom is -0.379 e. The number of hydrogen-bond donors (Lipinski definition) is 0. The summed E-state index contributed by atoms with van der Waals surface area (Å²) < 4.78 is 87.2. The maximum atomic E-state index is 14.8. The Labute approximate surface area is 236 Å². The fourth-order valence-electron chi connectivity index (χ4n) is 5.61. The fourth-order valence-corrected chi connectivity index (χ4v) is 6.87. The van der Waals surface area contributed by atoms with Gasteiger partial charge in [0.1, 0.15) is 11.6 Å². The van der Waals surface area contributed by atoms with Gasteiger partial charge >= 0.3 is 11.9 Å². The smallest absolute Gasteiger partial charge is 0.379 e. The van der Waals surface area contributed by atoms with Crippen LogP contribution in [0.15, 0.2) is 52.7 Å². The molecule has 0 radical (unpaired) electrons. The zero-order valence-corrected chi connectivity index (χ0v) is 22.5. The molecule has 1 amide bonds. The van der Waals surface area contributed by atoms with E-state index in [2.05, 4.69) is 11.6 Å². The Kier molecular flexibility index (Phi) is 6.44. The Balaban J connectivity index is 1.80. The van der Waals surface area contributed by atoms with Gasteiger partial charge in [0, 0.05) is 53.8 Å². The van der Waals surface area contributed by atoms with Crippen LogP contribution in [0.5, 0.6) is 0 Å². The van der Waals surface area contributed by atoms with Crippen LogP contribution < -0.4 is 10.6 Å². The Hall–Kier alpha value is -3.38. The summed E-state index contributed by atoms with van der Waals surface area (Å²) >= 11 is 0.940. The maximum absolute atomic E-state index is 14.8. The van der Waals surface area contributed by atoms with Gasteiger partial charge in [0.25, 0.3) is 0 Å². The van der Waals surface area contributed by atoms with E-state index in [9.17, 15) is 27.2 Å². The van der Waals surface area contributed by atoms with E-state index in [1.807, 2.05) is 0 Å². The molecule has 5 rings (SSSR count). The van der Waals surface area contributed by atoms with Crippen molar-refractivity contribution < 1.29 is 31.2 Å². The number of aromatic nitrogens is 2. The predicted octanol–water partition coefficient (Wildman–Crippen LogP) is 4.95. The van der Waals surface area contributed by atoms with E-state index < -0.39 is 36.4 Å². The number of amides is 1. The van der Waals surface area contributed by atoms with Gasteiger partial charge in [-0.2, -0.15) is 18.2 Å². The molecule has 0 spiro atoms. The van der Waals surface area contributed by atoms with Crippen LogP contribution in [0.1, 0.15) is 23.5 Å². The number of alkyl halides is 3. The molecule has 7 nitrogen and oxygen atoms in total. The number of methoxy groups -OCH3 is 1. The van der Waals surface area contributed by atoms with Gasteiger partial charge in [-0.1, -0.05) is 18.7 Å². The van der Waals surface area contributed by atoms with Crippen LogP contribution in [0.3, 0.4) is 0 Å². The summed E-state index contributed by atoms with van der Waals surface area (Å²) in [5, 5.41) is 0.0396. The molecule has 12 heteroatoms. The van der Waals surface area contributed by atoms with Crippen LogP contribution in [0.2, 0.25) is 0 Å². The van der Waals surface area contributed by atoms with Gasteiger partial charge in [-0.15, -0.1) is 11.8 Å². The first-order valence-corrected chi connectivity index (χ1v) is 13.5. The van der Waals surface area contributed by atoms with E-state index in [0.29, 0.717) is 0 Å². The molecule has 0 aliphatic carbocycles. The maximum Gasteiger partial charge on any atom is 0.417 e. The average Bonchev–Trinajstić information content (AvgIpc) is 3.09. The normalized spacial score (nSPS) is 22.9. The lowest BCUT2D eigenvalue weighted by Crippen LogP contribution is -2.58. The number of ether oxygens (including phenoxy) is 1. The zero-order chi connectivity index (χ0) is 31.4. The lowest BCUT2D eigenvalue weighted by molar-refractivity contribution is -0.137. The van der Waals surface area contributed by atoms with Gasteiger partial charge in [0.15, 0.2) is 0 Å². The number of benzene rings is 2. The number of nitrogens with zero attached hydrogens (tertiary/aromatic N) is 4. The predicted molar refractivity (Wildman–Crippen MR) is 146 cm³/mol. The molecule has 0 N–H and O–H groups in total. The standard InChI is InChI=1S/C28H28F4N4O3S/c1-5-22(37)36-15(2)11-34(12-16(36)3)26-20-10-21(28(30,31)32)23(17-6-8-18(29)9-7-17)25-24(20)35(27(38)33-26)13-19(39-4)14-40-25/h5-10,15-16,19H,1,11-14H2,2-4H3/t15-,16+,19-/m0/s1/i4D3. The Morgan fingerprint density at radius 2 is 1.88 bits per heavy atom. The molecular formula is C28H28F4N4O3S. The number of hydrogen-bond acceptors (Lipinski definition) is 6. The molecule has 2 aliphatic heterocycles. The van der Waals surface area contributed by atoms with Crippen LogP contribution in [0.25, 0.3) is 22.0 Å². The van der Waals surface area contributed by atoms with Crippen molar-refractivity contribution in [3.63, 3.8) is 0 Å². The van der Waals surface area contributed by atoms with Crippen molar-refractivity contribution in [2.24, 2.45) is 0 Å². The van der Waals surface area contributed by atoms with E-state index in [0.717, 1.165) is 34.5 Å². The minimum atomic E-state index is -4.86. The summed E-state index contributed by atoms with van der Waals surface area (Å²) in [5.74, 6) is -0.978. The molecule has 0 unspecified atom stereocenters. The summed E-state index contributed by atoms with van der Waals surface area (Å²) in [5.41, 5.74) is -1.84. The van der Waals surface area contributed by atoms with E-state index in [-0.39, 0.29) is 76.1 Å². The van der Waals surface area contributed by atoms with Gasteiger partial charge in [-0.05, 0) is 43.7 Å². The minimum absolute atomic E-state index is 0.0221. The molecule has 1 saturated heterocycles. The van der Waals surface area contributed by atoms with E-state index >= 15 is 0 Å². The quantitative estimate of drug-likeness (QED) is 0.322. The molecule has 2 aliphatic rings. The fraction of sp³-hybridized carbons (Fsp3) is 0.393. The largest absolute Gasteiger partial charge is 0.417 e. The third-order valence-electron chi connectivity index (χ3n) is 7.25. The summed E-state index contributed by atoms with van der Waals surface area (Å²) in [7, 11) is -2.82. The molecule has 3 atom stereocenters. The summed E-state index contributed by atoms with van der Waals surface area (Å²) in [6, 6.07) is 4.74. The average molecular weight is 580 g/mol. The third-order valence-corrected chi connectivity index (χ3v) is 8.48. The number of carbonyl (C=O) groups excluding carboxylic acids is 1. The molecule has 212 valence electrons. The molecule has 40 heavy (non-hydrogen) atoms. The topological polar surface area (TPSA) is 67.7 Å². The zero-order valence-electron chi connectivity index (χ0n) is 24.7. The monoisotopic (exact) mass is 579 g/mol. The Bertz CT molecular complexity index is 1630. The van der Waals surface area contributed by atoms with Crippen molar-refractivity contribution in [3.05, 3.63) is 64.9 Å². The lowest BCUT2D eigenvalue weighted by atomic mass is 9.96. The number of rotatable bonds is 4. The molecule has 2 aromatic carbocycles. The van der Waals surface area contributed by atoms with Gasteiger partial charge < -0.3 is 14.5 Å². The van der Waals surface area contributed by atoms with E-state index in [1.165, 1.54) is 18.2 Å². The summed E-state index contributed by atoms with van der Waals surface area (Å²) in [4.78, 5) is 33.7. The number of halogens is 4. The summed E-state index contributed by atoms with van der Waals surface area (Å²) in [6.45, 7) is 7.22. The highest BCUT2D eigenvalue weighted by Gasteiger charge is 2.39. The molecular weight excluding hydrogens is 548 g/mol. The van der Waals surface area contributed by atoms with Crippen LogP contribution >= 0.6 is 11.8 Å². The van der Waals surface area contributed by atoms with Crippen molar-refractivity contribution >= 4 is 34.4 Å². The summed E-state index contributed by atoms with van der Waals surface area (Å²) in [6.07, 6.45) is -4.72. The number of piperazine rings is 1. The number of carbonyl (C=O) groups is 1. The first kappa shape index (κ1) is 24.4. The van der Waals surface area contributed by atoms with Gasteiger partial charge in [0.2, 0.25) is 5.91 Å². The highest BCUT2D eigenvalue weighted by Crippen LogP contribution is 2.48. The molecule has 0 saturated carbocycles. The second-order valence-corrected chi connectivity index (χ2v) is 11.0. The van der Waals surface area contributed by atoms with E-state index in [4.69, 9.17) is 8.85 Å². The van der Waals surface area contributed by atoms with Crippen molar-refractivity contribution in [2.45, 2.75) is 49.7 Å². The van der Waals surface area contributed by atoms with E-state index in [1.54, 1.807) is 23.6 Å². The second-order valence-electron chi connectivity index (χ2n) is 9.96. The lowest BCUT2D eigenvalue weighted by Gasteiger charge is -2.44. The van der Waals surface area contributed by atoms with Crippen molar-refractivity contribution in [1.82, 2.24) is 14.5 Å². The van der Waals surface area contributed by atoms with Gasteiger partial charge in [0.05, 0.1) is 27.8 Å². The highest BCUT2D eigenvalue weighted by atomic mass is 32.2. The highest BCUT2D eigenvalue weighted by molar-refractivity contribution is 7.99. The molecule has 3 heterocycles. The van der Waals surface area contributed by atoms with Gasteiger partial charge in [-0.3, -0.25) is 9.36 Å².